The lowest BCUT2D eigenvalue weighted by Crippen LogP contribution is -2.42. The van der Waals surface area contributed by atoms with Gasteiger partial charge in [0.25, 0.3) is 11.8 Å². The third-order valence-corrected chi connectivity index (χ3v) is 3.76. The second-order valence-electron chi connectivity index (χ2n) is 5.41. The zero-order valence-corrected chi connectivity index (χ0v) is 14.7. The van der Waals surface area contributed by atoms with E-state index < -0.39 is 11.8 Å². The van der Waals surface area contributed by atoms with Crippen molar-refractivity contribution in [3.05, 3.63) is 83.0 Å². The van der Waals surface area contributed by atoms with Crippen LogP contribution < -0.4 is 21.3 Å². The van der Waals surface area contributed by atoms with Gasteiger partial charge in [-0.3, -0.25) is 20.4 Å². The van der Waals surface area contributed by atoms with Gasteiger partial charge in [-0.2, -0.15) is 0 Å². The van der Waals surface area contributed by atoms with E-state index >= 15 is 0 Å². The molecule has 0 atom stereocenters. The predicted octanol–water partition coefficient (Wildman–Crippen LogP) is 3.18. The van der Waals surface area contributed by atoms with Gasteiger partial charge in [0.1, 0.15) is 11.3 Å². The molecule has 3 rings (SSSR count). The van der Waals surface area contributed by atoms with Crippen molar-refractivity contribution in [3.8, 4) is 11.6 Å². The normalized spacial score (nSPS) is 10.1. The van der Waals surface area contributed by atoms with Crippen LogP contribution in [0.2, 0.25) is 5.02 Å². The van der Waals surface area contributed by atoms with Crippen LogP contribution >= 0.6 is 11.6 Å². The SMILES string of the molecule is Nc1ccc(Cl)cc1C(=O)NNC(=O)c1cccnc1Oc1ccccc1. The minimum absolute atomic E-state index is 0.109. The third kappa shape index (κ3) is 4.53. The Morgan fingerprint density at radius 2 is 1.63 bits per heavy atom. The van der Waals surface area contributed by atoms with E-state index in [-0.39, 0.29) is 22.7 Å². The van der Waals surface area contributed by atoms with Gasteiger partial charge in [-0.05, 0) is 42.5 Å². The Kier molecular flexibility index (Phi) is 5.53. The van der Waals surface area contributed by atoms with Crippen molar-refractivity contribution < 1.29 is 14.3 Å². The van der Waals surface area contributed by atoms with Gasteiger partial charge in [-0.15, -0.1) is 0 Å². The van der Waals surface area contributed by atoms with Crippen LogP contribution in [-0.4, -0.2) is 16.8 Å². The quantitative estimate of drug-likeness (QED) is 0.474. The summed E-state index contributed by atoms with van der Waals surface area (Å²) in [6.45, 7) is 0. The van der Waals surface area contributed by atoms with Crippen molar-refractivity contribution in [2.45, 2.75) is 0 Å². The van der Waals surface area contributed by atoms with Crippen LogP contribution in [-0.2, 0) is 0 Å². The number of amides is 2. The Morgan fingerprint density at radius 3 is 2.37 bits per heavy atom. The van der Waals surface area contributed by atoms with E-state index in [1.165, 1.54) is 24.4 Å². The number of hydrazine groups is 1. The van der Waals surface area contributed by atoms with E-state index in [9.17, 15) is 9.59 Å². The number of aromatic nitrogens is 1. The summed E-state index contributed by atoms with van der Waals surface area (Å²) in [7, 11) is 0. The fourth-order valence-electron chi connectivity index (χ4n) is 2.22. The van der Waals surface area contributed by atoms with E-state index in [0.29, 0.717) is 10.8 Å². The number of benzene rings is 2. The van der Waals surface area contributed by atoms with Crippen molar-refractivity contribution in [2.75, 3.05) is 5.73 Å². The lowest BCUT2D eigenvalue weighted by molar-refractivity contribution is 0.0845. The molecule has 3 aromatic rings. The van der Waals surface area contributed by atoms with Gasteiger partial charge < -0.3 is 10.5 Å². The zero-order valence-electron chi connectivity index (χ0n) is 14.0. The smallest absolute Gasteiger partial charge is 0.275 e. The first-order valence-electron chi connectivity index (χ1n) is 7.88. The van der Waals surface area contributed by atoms with Crippen molar-refractivity contribution >= 4 is 29.1 Å². The molecule has 2 aromatic carbocycles. The molecule has 7 nitrogen and oxygen atoms in total. The number of pyridine rings is 1. The highest BCUT2D eigenvalue weighted by Crippen LogP contribution is 2.22. The molecular weight excluding hydrogens is 368 g/mol. The Morgan fingerprint density at radius 1 is 0.926 bits per heavy atom. The molecule has 0 bridgehead atoms. The molecular formula is C19H15ClN4O3. The summed E-state index contributed by atoms with van der Waals surface area (Å²) in [6, 6.07) is 16.5. The van der Waals surface area contributed by atoms with Gasteiger partial charge in [0.15, 0.2) is 0 Å². The number of hydrogen-bond acceptors (Lipinski definition) is 5. The summed E-state index contributed by atoms with van der Waals surface area (Å²) in [5, 5.41) is 0.353. The Labute approximate surface area is 160 Å². The Hall–Kier alpha value is -3.58. The highest BCUT2D eigenvalue weighted by molar-refractivity contribution is 6.31. The van der Waals surface area contributed by atoms with Crippen molar-refractivity contribution in [1.82, 2.24) is 15.8 Å². The molecule has 2 amide bonds. The molecule has 0 spiro atoms. The summed E-state index contributed by atoms with van der Waals surface area (Å²) in [5.41, 5.74) is 10.9. The number of nitrogen functional groups attached to an aromatic ring is 1. The number of para-hydroxylation sites is 1. The monoisotopic (exact) mass is 382 g/mol. The molecule has 8 heteroatoms. The number of nitrogens with one attached hydrogen (secondary N) is 2. The van der Waals surface area contributed by atoms with Crippen LogP contribution in [0.5, 0.6) is 11.6 Å². The zero-order chi connectivity index (χ0) is 19.2. The molecule has 27 heavy (non-hydrogen) atoms. The van der Waals surface area contributed by atoms with E-state index in [1.54, 1.807) is 36.4 Å². The molecule has 4 N–H and O–H groups in total. The summed E-state index contributed by atoms with van der Waals surface area (Å²) in [4.78, 5) is 28.7. The van der Waals surface area contributed by atoms with Gasteiger partial charge in [-0.25, -0.2) is 4.98 Å². The number of carbonyl (C=O) groups is 2. The van der Waals surface area contributed by atoms with Crippen molar-refractivity contribution in [3.63, 3.8) is 0 Å². The first-order valence-corrected chi connectivity index (χ1v) is 8.26. The first kappa shape index (κ1) is 18.2. The number of rotatable bonds is 4. The fourth-order valence-corrected chi connectivity index (χ4v) is 2.39. The van der Waals surface area contributed by atoms with Crippen LogP contribution in [0, 0.1) is 0 Å². The molecule has 0 unspecified atom stereocenters. The molecule has 0 fully saturated rings. The minimum Gasteiger partial charge on any atom is -0.438 e. The summed E-state index contributed by atoms with van der Waals surface area (Å²) in [5.74, 6) is -0.556. The molecule has 1 heterocycles. The van der Waals surface area contributed by atoms with Crippen molar-refractivity contribution in [2.24, 2.45) is 0 Å². The van der Waals surface area contributed by atoms with Gasteiger partial charge >= 0.3 is 0 Å². The molecule has 136 valence electrons. The van der Waals surface area contributed by atoms with E-state index in [1.807, 2.05) is 6.07 Å². The second-order valence-corrected chi connectivity index (χ2v) is 5.85. The van der Waals surface area contributed by atoms with E-state index in [4.69, 9.17) is 22.1 Å². The number of hydrogen-bond donors (Lipinski definition) is 3. The number of ether oxygens (including phenoxy) is 1. The molecule has 0 radical (unpaired) electrons. The van der Waals surface area contributed by atoms with E-state index in [2.05, 4.69) is 15.8 Å². The molecule has 0 saturated heterocycles. The molecule has 0 aliphatic carbocycles. The van der Waals surface area contributed by atoms with Crippen LogP contribution in [0.15, 0.2) is 66.9 Å². The average Bonchev–Trinajstić information content (AvgIpc) is 2.69. The molecule has 0 aliphatic heterocycles. The second kappa shape index (κ2) is 8.20. The van der Waals surface area contributed by atoms with Crippen molar-refractivity contribution in [1.29, 1.82) is 0 Å². The minimum atomic E-state index is -0.599. The number of halogens is 1. The maximum Gasteiger partial charge on any atom is 0.275 e. The summed E-state index contributed by atoms with van der Waals surface area (Å²) >= 11 is 5.87. The van der Waals surface area contributed by atoms with Gasteiger partial charge in [-0.1, -0.05) is 29.8 Å². The van der Waals surface area contributed by atoms with Crippen LogP contribution in [0.1, 0.15) is 20.7 Å². The third-order valence-electron chi connectivity index (χ3n) is 3.52. The van der Waals surface area contributed by atoms with Crippen LogP contribution in [0.25, 0.3) is 0 Å². The van der Waals surface area contributed by atoms with Crippen LogP contribution in [0.4, 0.5) is 5.69 Å². The highest BCUT2D eigenvalue weighted by atomic mass is 35.5. The summed E-state index contributed by atoms with van der Waals surface area (Å²) in [6.07, 6.45) is 1.50. The fraction of sp³-hybridized carbons (Fsp3) is 0. The predicted molar refractivity (Wildman–Crippen MR) is 102 cm³/mol. The molecule has 0 aliphatic rings. The maximum atomic E-state index is 12.4. The Bertz CT molecular complexity index is 980. The largest absolute Gasteiger partial charge is 0.438 e. The lowest BCUT2D eigenvalue weighted by atomic mass is 10.2. The Balaban J connectivity index is 1.71. The average molecular weight is 383 g/mol. The first-order chi connectivity index (χ1) is 13.0. The lowest BCUT2D eigenvalue weighted by Gasteiger charge is -2.12. The van der Waals surface area contributed by atoms with Crippen LogP contribution in [0.3, 0.4) is 0 Å². The molecule has 1 aromatic heterocycles. The van der Waals surface area contributed by atoms with Gasteiger partial charge in [0, 0.05) is 16.9 Å². The number of nitrogens with zero attached hydrogens (tertiary/aromatic N) is 1. The number of carbonyl (C=O) groups excluding carboxylic acids is 2. The summed E-state index contributed by atoms with van der Waals surface area (Å²) < 4.78 is 5.63. The van der Waals surface area contributed by atoms with Gasteiger partial charge in [0.2, 0.25) is 5.88 Å². The number of nitrogens with two attached hydrogens (primary N) is 1. The maximum absolute atomic E-state index is 12.4. The van der Waals surface area contributed by atoms with E-state index in [0.717, 1.165) is 0 Å². The highest BCUT2D eigenvalue weighted by Gasteiger charge is 2.16. The van der Waals surface area contributed by atoms with Gasteiger partial charge in [0.05, 0.1) is 5.56 Å². The standard InChI is InChI=1S/C19H15ClN4O3/c20-12-8-9-16(21)15(11-12)18(26)24-23-17(25)14-7-4-10-22-19(14)27-13-5-2-1-3-6-13/h1-11H,21H2,(H,23,25)(H,24,26). The molecule has 0 saturated carbocycles. The number of anilines is 1. The topological polar surface area (TPSA) is 106 Å².